The van der Waals surface area contributed by atoms with Crippen molar-refractivity contribution < 1.29 is 19.1 Å². The number of anilines is 1. The van der Waals surface area contributed by atoms with Gasteiger partial charge in [0.2, 0.25) is 0 Å². The molecular formula is C19H21N3O4. The fourth-order valence-electron chi connectivity index (χ4n) is 2.21. The van der Waals surface area contributed by atoms with Crippen LogP contribution in [0.5, 0.6) is 0 Å². The van der Waals surface area contributed by atoms with E-state index in [4.69, 9.17) is 0 Å². The minimum Gasteiger partial charge on any atom is -0.465 e. The average Bonchev–Trinajstić information content (AvgIpc) is 2.67. The van der Waals surface area contributed by atoms with Crippen molar-refractivity contribution >= 4 is 23.5 Å². The summed E-state index contributed by atoms with van der Waals surface area (Å²) in [5.74, 6) is -1.19. The largest absolute Gasteiger partial charge is 0.465 e. The van der Waals surface area contributed by atoms with Crippen molar-refractivity contribution in [3.8, 4) is 0 Å². The van der Waals surface area contributed by atoms with Crippen molar-refractivity contribution in [1.82, 2.24) is 10.3 Å². The fraction of sp³-hybridized carbons (Fsp3) is 0.263. The Labute approximate surface area is 151 Å². The van der Waals surface area contributed by atoms with Gasteiger partial charge in [-0.15, -0.1) is 0 Å². The van der Waals surface area contributed by atoms with E-state index < -0.39 is 11.9 Å². The molecule has 0 spiro atoms. The Kier molecular flexibility index (Phi) is 6.84. The summed E-state index contributed by atoms with van der Waals surface area (Å²) < 4.78 is 4.66. The predicted octanol–water partition coefficient (Wildman–Crippen LogP) is 2.65. The number of hydrogen-bond acceptors (Lipinski definition) is 5. The molecule has 2 N–H and O–H groups in total. The number of esters is 1. The summed E-state index contributed by atoms with van der Waals surface area (Å²) in [6, 6.07) is 7.87. The number of aromatic nitrogens is 1. The van der Waals surface area contributed by atoms with E-state index in [1.165, 1.54) is 31.6 Å². The van der Waals surface area contributed by atoms with E-state index in [-0.39, 0.29) is 11.5 Å². The molecule has 7 nitrogen and oxygen atoms in total. The van der Waals surface area contributed by atoms with Crippen molar-refractivity contribution in [1.29, 1.82) is 0 Å². The number of carbonyl (C=O) groups is 3. The Hall–Kier alpha value is -3.22. The molecule has 0 atom stereocenters. The molecule has 0 saturated carbocycles. The minimum atomic E-state index is -0.492. The van der Waals surface area contributed by atoms with Crippen LogP contribution in [0.4, 0.5) is 5.69 Å². The molecule has 7 heteroatoms. The summed E-state index contributed by atoms with van der Waals surface area (Å²) in [6.45, 7) is 2.61. The van der Waals surface area contributed by atoms with Gasteiger partial charge in [-0.25, -0.2) is 4.79 Å². The van der Waals surface area contributed by atoms with E-state index in [0.29, 0.717) is 23.4 Å². The molecule has 0 aliphatic rings. The molecule has 1 aromatic carbocycles. The van der Waals surface area contributed by atoms with Crippen molar-refractivity contribution in [3.05, 3.63) is 59.4 Å². The molecule has 0 radical (unpaired) electrons. The molecule has 2 amide bonds. The van der Waals surface area contributed by atoms with E-state index >= 15 is 0 Å². The Morgan fingerprint density at radius 3 is 2.46 bits per heavy atom. The van der Waals surface area contributed by atoms with Gasteiger partial charge in [-0.3, -0.25) is 14.6 Å². The predicted molar refractivity (Wildman–Crippen MR) is 97.2 cm³/mol. The van der Waals surface area contributed by atoms with E-state index in [2.05, 4.69) is 20.4 Å². The monoisotopic (exact) mass is 355 g/mol. The molecule has 26 heavy (non-hydrogen) atoms. The number of hydrogen-bond donors (Lipinski definition) is 2. The number of carbonyl (C=O) groups excluding carboxylic acids is 3. The first-order valence-corrected chi connectivity index (χ1v) is 8.28. The Morgan fingerprint density at radius 1 is 1.04 bits per heavy atom. The van der Waals surface area contributed by atoms with Gasteiger partial charge in [-0.1, -0.05) is 19.4 Å². The number of ether oxygens (including phenoxy) is 1. The quantitative estimate of drug-likeness (QED) is 0.588. The number of benzene rings is 1. The molecular weight excluding hydrogens is 334 g/mol. The maximum atomic E-state index is 12.4. The van der Waals surface area contributed by atoms with Gasteiger partial charge in [-0.05, 0) is 30.7 Å². The van der Waals surface area contributed by atoms with Crippen LogP contribution in [0.25, 0.3) is 0 Å². The molecule has 136 valence electrons. The zero-order chi connectivity index (χ0) is 18.9. The first-order valence-electron chi connectivity index (χ1n) is 8.28. The first-order chi connectivity index (χ1) is 12.5. The van der Waals surface area contributed by atoms with Gasteiger partial charge in [0.05, 0.1) is 23.8 Å². The van der Waals surface area contributed by atoms with Crippen LogP contribution in [-0.4, -0.2) is 36.4 Å². The highest BCUT2D eigenvalue weighted by Gasteiger charge is 2.12. The fourth-order valence-corrected chi connectivity index (χ4v) is 2.21. The number of nitrogens with zero attached hydrogens (tertiary/aromatic N) is 1. The van der Waals surface area contributed by atoms with Gasteiger partial charge in [-0.2, -0.15) is 0 Å². The lowest BCUT2D eigenvalue weighted by molar-refractivity contribution is 0.0600. The van der Waals surface area contributed by atoms with Crippen LogP contribution in [-0.2, 0) is 4.74 Å². The van der Waals surface area contributed by atoms with Gasteiger partial charge in [0.25, 0.3) is 11.8 Å². The number of amides is 2. The van der Waals surface area contributed by atoms with Gasteiger partial charge in [0.1, 0.15) is 0 Å². The molecule has 2 rings (SSSR count). The van der Waals surface area contributed by atoms with Crippen molar-refractivity contribution in [2.24, 2.45) is 0 Å². The van der Waals surface area contributed by atoms with Gasteiger partial charge >= 0.3 is 5.97 Å². The third-order valence-electron chi connectivity index (χ3n) is 3.62. The Balaban J connectivity index is 2.09. The highest BCUT2D eigenvalue weighted by atomic mass is 16.5. The Bertz CT molecular complexity index is 805. The number of pyridine rings is 1. The van der Waals surface area contributed by atoms with Crippen LogP contribution in [0, 0.1) is 0 Å². The second-order valence-corrected chi connectivity index (χ2v) is 5.60. The zero-order valence-corrected chi connectivity index (χ0v) is 14.7. The SMILES string of the molecule is CCCCNC(=O)c1cncc(C(=O)Nc2cccc(C(=O)OC)c2)c1. The van der Waals surface area contributed by atoms with Crippen LogP contribution in [0.2, 0.25) is 0 Å². The second kappa shape index (κ2) is 9.31. The summed E-state index contributed by atoms with van der Waals surface area (Å²) in [5.41, 5.74) is 1.33. The lowest BCUT2D eigenvalue weighted by Gasteiger charge is -2.08. The van der Waals surface area contributed by atoms with E-state index in [1.54, 1.807) is 18.2 Å². The number of rotatable bonds is 7. The first kappa shape index (κ1) is 19.1. The number of unbranched alkanes of at least 4 members (excludes halogenated alkanes) is 1. The molecule has 2 aromatic rings. The van der Waals surface area contributed by atoms with Crippen LogP contribution >= 0.6 is 0 Å². The minimum absolute atomic E-state index is 0.247. The number of nitrogens with one attached hydrogen (secondary N) is 2. The van der Waals surface area contributed by atoms with Crippen LogP contribution in [0.1, 0.15) is 50.8 Å². The molecule has 0 fully saturated rings. The lowest BCUT2D eigenvalue weighted by Crippen LogP contribution is -2.25. The molecule has 1 aromatic heterocycles. The van der Waals surface area contributed by atoms with Crippen LogP contribution < -0.4 is 10.6 Å². The van der Waals surface area contributed by atoms with E-state index in [1.807, 2.05) is 6.92 Å². The van der Waals surface area contributed by atoms with Gasteiger partial charge in [0, 0.05) is 24.6 Å². The van der Waals surface area contributed by atoms with Crippen molar-refractivity contribution in [2.45, 2.75) is 19.8 Å². The molecule has 0 unspecified atom stereocenters. The normalized spacial score (nSPS) is 10.1. The maximum absolute atomic E-state index is 12.4. The van der Waals surface area contributed by atoms with Crippen molar-refractivity contribution in [3.63, 3.8) is 0 Å². The molecule has 0 aliphatic heterocycles. The van der Waals surface area contributed by atoms with Crippen LogP contribution in [0.15, 0.2) is 42.7 Å². The summed E-state index contributed by atoms with van der Waals surface area (Å²) in [5, 5.41) is 5.46. The highest BCUT2D eigenvalue weighted by Crippen LogP contribution is 2.13. The average molecular weight is 355 g/mol. The second-order valence-electron chi connectivity index (χ2n) is 5.60. The molecule has 0 bridgehead atoms. The zero-order valence-electron chi connectivity index (χ0n) is 14.7. The van der Waals surface area contributed by atoms with E-state index in [9.17, 15) is 14.4 Å². The Morgan fingerprint density at radius 2 is 1.77 bits per heavy atom. The third-order valence-corrected chi connectivity index (χ3v) is 3.62. The topological polar surface area (TPSA) is 97.4 Å². The summed E-state index contributed by atoms with van der Waals surface area (Å²) in [6.07, 6.45) is 4.65. The van der Waals surface area contributed by atoms with Crippen molar-refractivity contribution in [2.75, 3.05) is 19.0 Å². The van der Waals surface area contributed by atoms with Gasteiger partial charge < -0.3 is 15.4 Å². The summed E-state index contributed by atoms with van der Waals surface area (Å²) in [4.78, 5) is 40.0. The standard InChI is InChI=1S/C19H21N3O4/c1-3-4-8-21-17(23)14-9-15(12-20-11-14)18(24)22-16-7-5-6-13(10-16)19(25)26-2/h5-7,9-12H,3-4,8H2,1-2H3,(H,21,23)(H,22,24). The van der Waals surface area contributed by atoms with Crippen LogP contribution in [0.3, 0.4) is 0 Å². The highest BCUT2D eigenvalue weighted by molar-refractivity contribution is 6.06. The molecule has 1 heterocycles. The van der Waals surface area contributed by atoms with E-state index in [0.717, 1.165) is 12.8 Å². The van der Waals surface area contributed by atoms with Gasteiger partial charge in [0.15, 0.2) is 0 Å². The lowest BCUT2D eigenvalue weighted by atomic mass is 10.1. The third kappa shape index (κ3) is 5.14. The molecule has 0 aliphatic carbocycles. The molecule has 0 saturated heterocycles. The smallest absolute Gasteiger partial charge is 0.337 e. The number of methoxy groups -OCH3 is 1. The summed E-state index contributed by atoms with van der Waals surface area (Å²) in [7, 11) is 1.29. The maximum Gasteiger partial charge on any atom is 0.337 e. The summed E-state index contributed by atoms with van der Waals surface area (Å²) >= 11 is 0.